The average Bonchev–Trinajstić information content (AvgIpc) is 3.28. The molecule has 2 aromatic carbocycles. The van der Waals surface area contributed by atoms with Crippen molar-refractivity contribution in [2.75, 3.05) is 0 Å². The van der Waals surface area contributed by atoms with Crippen LogP contribution in [0.4, 0.5) is 13.2 Å². The molecule has 1 N–H and O–H groups in total. The molecule has 0 atom stereocenters. The van der Waals surface area contributed by atoms with Gasteiger partial charge < -0.3 is 9.55 Å². The number of halogens is 3. The van der Waals surface area contributed by atoms with E-state index in [0.717, 1.165) is 16.6 Å². The molecule has 150 valence electrons. The zero-order valence-corrected chi connectivity index (χ0v) is 16.4. The van der Waals surface area contributed by atoms with E-state index in [1.54, 1.807) is 11.6 Å². The zero-order valence-electron chi connectivity index (χ0n) is 15.5. The van der Waals surface area contributed by atoms with Crippen LogP contribution in [0.1, 0.15) is 11.3 Å². The maximum atomic E-state index is 14.3. The highest BCUT2D eigenvalue weighted by molar-refractivity contribution is 7.13. The van der Waals surface area contributed by atoms with Gasteiger partial charge in [0.05, 0.1) is 39.2 Å². The number of rotatable bonds is 3. The fourth-order valence-corrected chi connectivity index (χ4v) is 4.39. The van der Waals surface area contributed by atoms with E-state index in [4.69, 9.17) is 0 Å². The Hall–Kier alpha value is -3.46. The van der Waals surface area contributed by atoms with Gasteiger partial charge in [-0.2, -0.15) is 0 Å². The summed E-state index contributed by atoms with van der Waals surface area (Å²) in [6.07, 6.45) is 0. The molecule has 0 saturated heterocycles. The molecule has 0 radical (unpaired) electrons. The fraction of sp³-hybridized carbons (Fsp3) is 0.0952. The summed E-state index contributed by atoms with van der Waals surface area (Å²) in [5.41, 5.74) is 3.30. The van der Waals surface area contributed by atoms with Crippen molar-refractivity contribution in [1.29, 1.82) is 0 Å². The lowest BCUT2D eigenvalue weighted by atomic mass is 10.1. The van der Waals surface area contributed by atoms with Crippen LogP contribution in [0.25, 0.3) is 32.6 Å². The van der Waals surface area contributed by atoms with Gasteiger partial charge in [-0.1, -0.05) is 0 Å². The topological polar surface area (TPSA) is 63.6 Å². The first-order valence-electron chi connectivity index (χ1n) is 8.98. The summed E-state index contributed by atoms with van der Waals surface area (Å²) < 4.78 is 43.6. The first-order valence-corrected chi connectivity index (χ1v) is 9.86. The Kier molecular flexibility index (Phi) is 4.21. The number of aromatic amines is 1. The number of nitrogens with one attached hydrogen (secondary N) is 1. The third-order valence-corrected chi connectivity index (χ3v) is 5.91. The van der Waals surface area contributed by atoms with Crippen molar-refractivity contribution >= 4 is 33.3 Å². The van der Waals surface area contributed by atoms with Crippen LogP contribution in [-0.2, 0) is 6.54 Å². The summed E-state index contributed by atoms with van der Waals surface area (Å²) in [6.45, 7) is 2.00. The lowest BCUT2D eigenvalue weighted by molar-refractivity contribution is 0.515. The Morgan fingerprint density at radius 1 is 1.13 bits per heavy atom. The molecule has 0 saturated carbocycles. The average molecular weight is 426 g/mol. The number of fused-ring (bicyclic) bond motifs is 2. The maximum absolute atomic E-state index is 14.3. The van der Waals surface area contributed by atoms with Gasteiger partial charge in [-0.15, -0.1) is 11.3 Å². The molecule has 9 heteroatoms. The summed E-state index contributed by atoms with van der Waals surface area (Å²) in [7, 11) is 0. The van der Waals surface area contributed by atoms with E-state index in [2.05, 4.69) is 15.0 Å². The molecule has 0 fully saturated rings. The van der Waals surface area contributed by atoms with Gasteiger partial charge in [0, 0.05) is 17.5 Å². The third kappa shape index (κ3) is 2.89. The molecule has 30 heavy (non-hydrogen) atoms. The number of aryl methyl sites for hydroxylation is 1. The Morgan fingerprint density at radius 2 is 1.97 bits per heavy atom. The third-order valence-electron chi connectivity index (χ3n) is 4.98. The SMILES string of the molecule is Cc1ncsc1-c1nc2cc(F)ccc2n1Cc1cc(=O)[nH]c2c(F)c(F)ccc12. The minimum Gasteiger partial charge on any atom is -0.319 e. The zero-order chi connectivity index (χ0) is 21.0. The first-order chi connectivity index (χ1) is 14.4. The second-order valence-corrected chi connectivity index (χ2v) is 7.72. The molecule has 0 aliphatic heterocycles. The fourth-order valence-electron chi connectivity index (χ4n) is 3.59. The highest BCUT2D eigenvalue weighted by Crippen LogP contribution is 2.32. The van der Waals surface area contributed by atoms with Crippen molar-refractivity contribution in [3.05, 3.63) is 81.0 Å². The van der Waals surface area contributed by atoms with Crippen molar-refractivity contribution in [3.63, 3.8) is 0 Å². The van der Waals surface area contributed by atoms with Crippen LogP contribution in [0.15, 0.2) is 46.7 Å². The molecule has 5 rings (SSSR count). The number of benzene rings is 2. The van der Waals surface area contributed by atoms with Crippen molar-refractivity contribution in [2.45, 2.75) is 13.5 Å². The second-order valence-electron chi connectivity index (χ2n) is 6.86. The van der Waals surface area contributed by atoms with E-state index in [1.807, 2.05) is 11.5 Å². The summed E-state index contributed by atoms with van der Waals surface area (Å²) in [6, 6.07) is 8.06. The van der Waals surface area contributed by atoms with E-state index >= 15 is 0 Å². The molecule has 0 unspecified atom stereocenters. The van der Waals surface area contributed by atoms with Gasteiger partial charge in [0.1, 0.15) is 5.82 Å². The van der Waals surface area contributed by atoms with E-state index < -0.39 is 23.0 Å². The van der Waals surface area contributed by atoms with Gasteiger partial charge in [-0.25, -0.2) is 23.1 Å². The first kappa shape index (κ1) is 18.6. The Bertz CT molecular complexity index is 1500. The summed E-state index contributed by atoms with van der Waals surface area (Å²) >= 11 is 1.39. The predicted molar refractivity (Wildman–Crippen MR) is 109 cm³/mol. The predicted octanol–water partition coefficient (Wildman–Crippen LogP) is 4.78. The number of aromatic nitrogens is 4. The van der Waals surface area contributed by atoms with E-state index in [-0.39, 0.29) is 12.1 Å². The number of nitrogens with zero attached hydrogens (tertiary/aromatic N) is 3. The van der Waals surface area contributed by atoms with Gasteiger partial charge in [-0.05, 0) is 36.8 Å². The summed E-state index contributed by atoms with van der Waals surface area (Å²) in [5.74, 6) is -2.01. The number of thiazole rings is 1. The van der Waals surface area contributed by atoms with Crippen molar-refractivity contribution in [3.8, 4) is 10.7 Å². The summed E-state index contributed by atoms with van der Waals surface area (Å²) in [5, 5.41) is 0.379. The monoisotopic (exact) mass is 426 g/mol. The smallest absolute Gasteiger partial charge is 0.248 e. The summed E-state index contributed by atoms with van der Waals surface area (Å²) in [4.78, 5) is 24.2. The maximum Gasteiger partial charge on any atom is 0.248 e. The molecule has 5 nitrogen and oxygen atoms in total. The number of H-pyrrole nitrogens is 1. The molecule has 0 bridgehead atoms. The molecule has 3 heterocycles. The lowest BCUT2D eigenvalue weighted by Gasteiger charge is -2.12. The van der Waals surface area contributed by atoms with Gasteiger partial charge in [0.2, 0.25) is 5.56 Å². The molecule has 3 aromatic heterocycles. The number of hydrogen-bond donors (Lipinski definition) is 1. The Morgan fingerprint density at radius 3 is 2.73 bits per heavy atom. The molecule has 0 aliphatic carbocycles. The van der Waals surface area contributed by atoms with Crippen LogP contribution in [0.3, 0.4) is 0 Å². The molecular formula is C21H13F3N4OS. The van der Waals surface area contributed by atoms with Gasteiger partial charge in [0.15, 0.2) is 17.5 Å². The molecule has 5 aromatic rings. The van der Waals surface area contributed by atoms with Crippen LogP contribution in [0, 0.1) is 24.4 Å². The van der Waals surface area contributed by atoms with E-state index in [9.17, 15) is 18.0 Å². The van der Waals surface area contributed by atoms with E-state index in [1.165, 1.54) is 35.6 Å². The minimum atomic E-state index is -1.11. The van der Waals surface area contributed by atoms with Crippen molar-refractivity contribution in [1.82, 2.24) is 19.5 Å². The molecule has 0 aliphatic rings. The number of imidazole rings is 1. The normalized spacial score (nSPS) is 11.6. The minimum absolute atomic E-state index is 0.153. The van der Waals surface area contributed by atoms with Crippen LogP contribution in [-0.4, -0.2) is 19.5 Å². The van der Waals surface area contributed by atoms with Crippen LogP contribution in [0.5, 0.6) is 0 Å². The Balaban J connectivity index is 1.78. The van der Waals surface area contributed by atoms with Crippen LogP contribution in [0.2, 0.25) is 0 Å². The van der Waals surface area contributed by atoms with Crippen molar-refractivity contribution in [2.24, 2.45) is 0 Å². The molecule has 0 spiro atoms. The molecular weight excluding hydrogens is 413 g/mol. The quantitative estimate of drug-likeness (QED) is 0.452. The van der Waals surface area contributed by atoms with Crippen LogP contribution < -0.4 is 5.56 Å². The van der Waals surface area contributed by atoms with Gasteiger partial charge in [-0.3, -0.25) is 4.79 Å². The molecule has 0 amide bonds. The van der Waals surface area contributed by atoms with E-state index in [0.29, 0.717) is 27.8 Å². The van der Waals surface area contributed by atoms with Gasteiger partial charge in [0.25, 0.3) is 0 Å². The lowest BCUT2D eigenvalue weighted by Crippen LogP contribution is -2.11. The highest BCUT2D eigenvalue weighted by Gasteiger charge is 2.19. The number of pyridine rings is 1. The Labute approximate surface area is 171 Å². The largest absolute Gasteiger partial charge is 0.319 e. The van der Waals surface area contributed by atoms with Crippen LogP contribution >= 0.6 is 11.3 Å². The van der Waals surface area contributed by atoms with Gasteiger partial charge >= 0.3 is 0 Å². The number of hydrogen-bond acceptors (Lipinski definition) is 4. The standard InChI is InChI=1S/C21H13F3N4OS/c1-10-20(30-9-25-10)21-26-15-7-12(22)2-5-16(15)28(21)8-11-6-17(29)27-19-13(11)3-4-14(23)18(19)24/h2-7,9H,8H2,1H3,(H,27,29). The highest BCUT2D eigenvalue weighted by atomic mass is 32.1. The second kappa shape index (κ2) is 6.81. The van der Waals surface area contributed by atoms with Crippen molar-refractivity contribution < 1.29 is 13.2 Å².